The number of carbonyl (C=O) groups excluding carboxylic acids is 2. The van der Waals surface area contributed by atoms with Gasteiger partial charge in [0.05, 0.1) is 6.10 Å². The zero-order valence-electron chi connectivity index (χ0n) is 16.5. The fourth-order valence-electron chi connectivity index (χ4n) is 6.92. The minimum atomic E-state index is -0.194. The summed E-state index contributed by atoms with van der Waals surface area (Å²) in [6.07, 6.45) is 9.32. The molecule has 4 rings (SSSR count). The minimum absolute atomic E-state index is 0.0267. The molecule has 3 saturated carbocycles. The standard InChI is InChI=1S/C22H32O4/c1-13(23)26-19-6-5-16-20-17(8-10-22(16,19)3)21(2)9-7-15(25-4)11-14(21)12-18(20)24/h12,15-17,19-20H,5-11H2,1-4H3/t15?,16-,17+,19?,20-,21-,22-/m0/s1. The number of methoxy groups -OCH3 is 1. The van der Waals surface area contributed by atoms with Crippen molar-refractivity contribution in [3.05, 3.63) is 11.6 Å². The average molecular weight is 360 g/mol. The Bertz CT molecular complexity index is 653. The highest BCUT2D eigenvalue weighted by molar-refractivity contribution is 5.94. The van der Waals surface area contributed by atoms with Gasteiger partial charge in [-0.3, -0.25) is 9.59 Å². The third-order valence-electron chi connectivity index (χ3n) is 8.46. The highest BCUT2D eigenvalue weighted by atomic mass is 16.5. The molecule has 4 aliphatic rings. The summed E-state index contributed by atoms with van der Waals surface area (Å²) in [5.41, 5.74) is 1.41. The number of rotatable bonds is 2. The Morgan fingerprint density at radius 2 is 1.88 bits per heavy atom. The zero-order valence-corrected chi connectivity index (χ0v) is 16.5. The molecule has 2 unspecified atom stereocenters. The lowest BCUT2D eigenvalue weighted by Gasteiger charge is -2.56. The molecule has 4 aliphatic carbocycles. The molecule has 7 atom stereocenters. The molecule has 0 aromatic carbocycles. The van der Waals surface area contributed by atoms with Gasteiger partial charge in [0.2, 0.25) is 0 Å². The largest absolute Gasteiger partial charge is 0.462 e. The van der Waals surface area contributed by atoms with Crippen molar-refractivity contribution in [1.82, 2.24) is 0 Å². The first-order chi connectivity index (χ1) is 12.3. The number of fused-ring (bicyclic) bond motifs is 5. The van der Waals surface area contributed by atoms with Gasteiger partial charge in [-0.05, 0) is 68.3 Å². The lowest BCUT2D eigenvalue weighted by atomic mass is 9.47. The van der Waals surface area contributed by atoms with Crippen LogP contribution in [0.4, 0.5) is 0 Å². The van der Waals surface area contributed by atoms with E-state index in [0.29, 0.717) is 17.6 Å². The number of ether oxygens (including phenoxy) is 2. The maximum Gasteiger partial charge on any atom is 0.302 e. The van der Waals surface area contributed by atoms with Crippen LogP contribution in [0.3, 0.4) is 0 Å². The average Bonchev–Trinajstić information content (AvgIpc) is 2.91. The smallest absolute Gasteiger partial charge is 0.302 e. The van der Waals surface area contributed by atoms with Crippen LogP contribution in [-0.2, 0) is 19.1 Å². The van der Waals surface area contributed by atoms with Crippen LogP contribution in [0.2, 0.25) is 0 Å². The number of hydrogen-bond donors (Lipinski definition) is 0. The Morgan fingerprint density at radius 3 is 2.58 bits per heavy atom. The van der Waals surface area contributed by atoms with E-state index in [-0.39, 0.29) is 34.9 Å². The number of allylic oxidation sites excluding steroid dienone is 1. The Labute approximate surface area is 156 Å². The summed E-state index contributed by atoms with van der Waals surface area (Å²) >= 11 is 0. The molecule has 0 saturated heterocycles. The predicted molar refractivity (Wildman–Crippen MR) is 98.4 cm³/mol. The molecule has 0 bridgehead atoms. The molecule has 26 heavy (non-hydrogen) atoms. The maximum atomic E-state index is 13.2. The summed E-state index contributed by atoms with van der Waals surface area (Å²) in [6.45, 7) is 6.14. The van der Waals surface area contributed by atoms with E-state index in [2.05, 4.69) is 13.8 Å². The van der Waals surface area contributed by atoms with Crippen molar-refractivity contribution in [1.29, 1.82) is 0 Å². The van der Waals surface area contributed by atoms with Gasteiger partial charge in [0.25, 0.3) is 0 Å². The fraction of sp³-hybridized carbons (Fsp3) is 0.818. The molecule has 4 nitrogen and oxygen atoms in total. The van der Waals surface area contributed by atoms with Gasteiger partial charge >= 0.3 is 5.97 Å². The van der Waals surface area contributed by atoms with Crippen LogP contribution in [0, 0.1) is 28.6 Å². The molecule has 4 heteroatoms. The summed E-state index contributed by atoms with van der Waals surface area (Å²) in [6, 6.07) is 0. The summed E-state index contributed by atoms with van der Waals surface area (Å²) in [5.74, 6) is 0.997. The monoisotopic (exact) mass is 360 g/mol. The number of esters is 1. The van der Waals surface area contributed by atoms with Crippen LogP contribution in [0.1, 0.15) is 65.7 Å². The molecule has 0 amide bonds. The van der Waals surface area contributed by atoms with Gasteiger partial charge in [0.1, 0.15) is 6.10 Å². The first kappa shape index (κ1) is 18.2. The molecule has 3 fully saturated rings. The van der Waals surface area contributed by atoms with E-state index >= 15 is 0 Å². The topological polar surface area (TPSA) is 52.6 Å². The van der Waals surface area contributed by atoms with Crippen LogP contribution >= 0.6 is 0 Å². The summed E-state index contributed by atoms with van der Waals surface area (Å²) < 4.78 is 11.3. The number of ketones is 1. The summed E-state index contributed by atoms with van der Waals surface area (Å²) in [7, 11) is 1.78. The second-order valence-electron chi connectivity index (χ2n) is 9.55. The van der Waals surface area contributed by atoms with E-state index in [1.54, 1.807) is 7.11 Å². The van der Waals surface area contributed by atoms with E-state index in [4.69, 9.17) is 9.47 Å². The van der Waals surface area contributed by atoms with Crippen molar-refractivity contribution >= 4 is 11.8 Å². The lowest BCUT2D eigenvalue weighted by Crippen LogP contribution is -2.54. The fourth-order valence-corrected chi connectivity index (χ4v) is 6.92. The van der Waals surface area contributed by atoms with Crippen molar-refractivity contribution in [3.63, 3.8) is 0 Å². The van der Waals surface area contributed by atoms with E-state index in [1.165, 1.54) is 12.5 Å². The zero-order chi connectivity index (χ0) is 18.7. The van der Waals surface area contributed by atoms with Crippen molar-refractivity contribution in [2.45, 2.75) is 77.9 Å². The third-order valence-corrected chi connectivity index (χ3v) is 8.46. The molecule has 0 aromatic rings. The van der Waals surface area contributed by atoms with Crippen LogP contribution < -0.4 is 0 Å². The second kappa shape index (κ2) is 6.19. The van der Waals surface area contributed by atoms with Gasteiger partial charge in [0, 0.05) is 25.4 Å². The molecule has 0 aromatic heterocycles. The van der Waals surface area contributed by atoms with Gasteiger partial charge < -0.3 is 9.47 Å². The Kier molecular flexibility index (Phi) is 4.33. The van der Waals surface area contributed by atoms with E-state index in [1.807, 2.05) is 6.08 Å². The quantitative estimate of drug-likeness (QED) is 0.697. The molecule has 0 radical (unpaired) electrons. The predicted octanol–water partition coefficient (Wildman–Crippen LogP) is 4.07. The van der Waals surface area contributed by atoms with Gasteiger partial charge in [-0.2, -0.15) is 0 Å². The maximum absolute atomic E-state index is 13.2. The first-order valence-electron chi connectivity index (χ1n) is 10.2. The molecular formula is C22H32O4. The lowest BCUT2D eigenvalue weighted by molar-refractivity contribution is -0.158. The van der Waals surface area contributed by atoms with E-state index in [0.717, 1.165) is 44.9 Å². The van der Waals surface area contributed by atoms with Gasteiger partial charge in [-0.15, -0.1) is 0 Å². The Hall–Kier alpha value is -1.16. The highest BCUT2D eigenvalue weighted by Crippen LogP contribution is 2.64. The number of hydrogen-bond acceptors (Lipinski definition) is 4. The van der Waals surface area contributed by atoms with Crippen LogP contribution in [0.5, 0.6) is 0 Å². The van der Waals surface area contributed by atoms with Crippen molar-refractivity contribution in [2.24, 2.45) is 28.6 Å². The molecule has 0 N–H and O–H groups in total. The van der Waals surface area contributed by atoms with Gasteiger partial charge in [-0.1, -0.05) is 19.4 Å². The summed E-state index contributed by atoms with van der Waals surface area (Å²) in [4.78, 5) is 24.8. The first-order valence-corrected chi connectivity index (χ1v) is 10.2. The van der Waals surface area contributed by atoms with Gasteiger partial charge in [-0.25, -0.2) is 0 Å². The Morgan fingerprint density at radius 1 is 1.12 bits per heavy atom. The molecule has 0 aliphatic heterocycles. The number of carbonyl (C=O) groups is 2. The molecule has 144 valence electrons. The van der Waals surface area contributed by atoms with Crippen LogP contribution in [0.25, 0.3) is 0 Å². The molecule has 0 heterocycles. The highest BCUT2D eigenvalue weighted by Gasteiger charge is 2.61. The van der Waals surface area contributed by atoms with Crippen molar-refractivity contribution in [2.75, 3.05) is 7.11 Å². The SMILES string of the molecule is COC1CC[C@@]2(C)C(=CC(=O)[C@@H]3[C@H]2CC[C@]2(C)C(OC(C)=O)CC[C@@H]32)C1. The normalized spacial score (nSPS) is 47.5. The Balaban J connectivity index is 1.66. The third kappa shape index (κ3) is 2.51. The van der Waals surface area contributed by atoms with Gasteiger partial charge in [0.15, 0.2) is 5.78 Å². The van der Waals surface area contributed by atoms with Crippen molar-refractivity contribution < 1.29 is 19.1 Å². The second-order valence-corrected chi connectivity index (χ2v) is 9.55. The van der Waals surface area contributed by atoms with Crippen molar-refractivity contribution in [3.8, 4) is 0 Å². The van der Waals surface area contributed by atoms with E-state index in [9.17, 15) is 9.59 Å². The minimum Gasteiger partial charge on any atom is -0.462 e. The van der Waals surface area contributed by atoms with Crippen LogP contribution in [0.15, 0.2) is 11.6 Å². The van der Waals surface area contributed by atoms with E-state index < -0.39 is 0 Å². The molecule has 0 spiro atoms. The van der Waals surface area contributed by atoms with Crippen LogP contribution in [-0.4, -0.2) is 31.1 Å². The summed E-state index contributed by atoms with van der Waals surface area (Å²) in [5, 5.41) is 0. The molecular weight excluding hydrogens is 328 g/mol.